The van der Waals surface area contributed by atoms with Gasteiger partial charge in [0.25, 0.3) is 0 Å². The van der Waals surface area contributed by atoms with Crippen LogP contribution in [0.5, 0.6) is 0 Å². The van der Waals surface area contributed by atoms with Crippen molar-refractivity contribution in [1.82, 2.24) is 0 Å². The SMILES string of the molecule is O=C1CC[C@]2(C=C(Cl)c3ccccc3C2=O)O1. The molecule has 1 aromatic rings. The molecule has 3 nitrogen and oxygen atoms in total. The molecule has 0 bridgehead atoms. The molecule has 1 spiro atoms. The molecule has 1 aliphatic heterocycles. The monoisotopic (exact) mass is 248 g/mol. The Morgan fingerprint density at radius 3 is 2.53 bits per heavy atom. The van der Waals surface area contributed by atoms with E-state index in [4.69, 9.17) is 16.3 Å². The summed E-state index contributed by atoms with van der Waals surface area (Å²) >= 11 is 6.15. The van der Waals surface area contributed by atoms with Gasteiger partial charge in [-0.1, -0.05) is 35.9 Å². The minimum atomic E-state index is -1.16. The number of rotatable bonds is 0. The number of carbonyl (C=O) groups is 2. The van der Waals surface area contributed by atoms with Crippen molar-refractivity contribution >= 4 is 28.4 Å². The Labute approximate surface area is 103 Å². The lowest BCUT2D eigenvalue weighted by molar-refractivity contribution is -0.143. The maximum absolute atomic E-state index is 12.4. The van der Waals surface area contributed by atoms with Crippen molar-refractivity contribution in [3.05, 3.63) is 41.5 Å². The fourth-order valence-corrected chi connectivity index (χ4v) is 2.66. The second kappa shape index (κ2) is 3.44. The first kappa shape index (κ1) is 10.5. The maximum atomic E-state index is 12.4. The Balaban J connectivity index is 2.17. The first-order valence-electron chi connectivity index (χ1n) is 5.37. The van der Waals surface area contributed by atoms with Crippen molar-refractivity contribution in [2.75, 3.05) is 0 Å². The minimum Gasteiger partial charge on any atom is -0.446 e. The zero-order valence-corrected chi connectivity index (χ0v) is 9.66. The highest BCUT2D eigenvalue weighted by atomic mass is 35.5. The summed E-state index contributed by atoms with van der Waals surface area (Å²) in [6.07, 6.45) is 2.19. The predicted octanol–water partition coefficient (Wildman–Crippen LogP) is 2.54. The summed E-state index contributed by atoms with van der Waals surface area (Å²) in [5.41, 5.74) is 0.0603. The van der Waals surface area contributed by atoms with E-state index in [-0.39, 0.29) is 18.2 Å². The van der Waals surface area contributed by atoms with E-state index in [0.29, 0.717) is 22.6 Å². The number of esters is 1. The second-order valence-electron chi connectivity index (χ2n) is 4.23. The van der Waals surface area contributed by atoms with Gasteiger partial charge in [-0.3, -0.25) is 9.59 Å². The fourth-order valence-electron chi connectivity index (χ4n) is 2.32. The van der Waals surface area contributed by atoms with Crippen LogP contribution in [0.3, 0.4) is 0 Å². The molecule has 1 saturated heterocycles. The van der Waals surface area contributed by atoms with Gasteiger partial charge in [0, 0.05) is 22.6 Å². The van der Waals surface area contributed by atoms with E-state index in [2.05, 4.69) is 0 Å². The molecule has 3 rings (SSSR count). The van der Waals surface area contributed by atoms with Crippen molar-refractivity contribution in [3.63, 3.8) is 0 Å². The van der Waals surface area contributed by atoms with Crippen molar-refractivity contribution in [3.8, 4) is 0 Å². The Morgan fingerprint density at radius 2 is 1.88 bits per heavy atom. The number of hydrogen-bond donors (Lipinski definition) is 0. The molecular weight excluding hydrogens is 240 g/mol. The van der Waals surface area contributed by atoms with E-state index in [0.717, 1.165) is 0 Å². The summed E-state index contributed by atoms with van der Waals surface area (Å²) in [5.74, 6) is -0.526. The number of hydrogen-bond acceptors (Lipinski definition) is 3. The number of carbonyl (C=O) groups excluding carboxylic acids is 2. The van der Waals surface area contributed by atoms with Crippen LogP contribution in [0.25, 0.3) is 5.03 Å². The quantitative estimate of drug-likeness (QED) is 0.663. The summed E-state index contributed by atoms with van der Waals surface area (Å²) < 4.78 is 5.18. The summed E-state index contributed by atoms with van der Waals surface area (Å²) in [7, 11) is 0. The molecule has 1 atom stereocenters. The van der Waals surface area contributed by atoms with Gasteiger partial charge >= 0.3 is 5.97 Å². The summed E-state index contributed by atoms with van der Waals surface area (Å²) in [4.78, 5) is 23.6. The number of Topliss-reactive ketones (excluding diaryl/α,β-unsaturated/α-hetero) is 1. The highest BCUT2D eigenvalue weighted by Gasteiger charge is 2.48. The van der Waals surface area contributed by atoms with Gasteiger partial charge < -0.3 is 4.74 Å². The number of ketones is 1. The van der Waals surface area contributed by atoms with Crippen LogP contribution in [-0.4, -0.2) is 17.4 Å². The fraction of sp³-hybridized carbons (Fsp3) is 0.231. The van der Waals surface area contributed by atoms with Gasteiger partial charge in [-0.25, -0.2) is 0 Å². The van der Waals surface area contributed by atoms with E-state index in [1.165, 1.54) is 0 Å². The Kier molecular flexibility index (Phi) is 2.13. The van der Waals surface area contributed by atoms with Crippen LogP contribution in [0.4, 0.5) is 0 Å². The smallest absolute Gasteiger partial charge is 0.307 e. The van der Waals surface area contributed by atoms with Crippen LogP contribution in [0, 0.1) is 0 Å². The first-order chi connectivity index (χ1) is 8.12. The molecule has 4 heteroatoms. The van der Waals surface area contributed by atoms with Crippen LogP contribution in [-0.2, 0) is 9.53 Å². The first-order valence-corrected chi connectivity index (χ1v) is 5.75. The van der Waals surface area contributed by atoms with Crippen LogP contribution in [0.15, 0.2) is 30.3 Å². The van der Waals surface area contributed by atoms with E-state index in [1.807, 2.05) is 6.07 Å². The number of benzene rings is 1. The van der Waals surface area contributed by atoms with Gasteiger partial charge in [-0.2, -0.15) is 0 Å². The lowest BCUT2D eigenvalue weighted by Crippen LogP contribution is -2.39. The molecule has 86 valence electrons. The molecule has 1 aliphatic carbocycles. The van der Waals surface area contributed by atoms with E-state index < -0.39 is 5.60 Å². The molecule has 2 aliphatic rings. The predicted molar refractivity (Wildman–Crippen MR) is 62.7 cm³/mol. The average Bonchev–Trinajstić information content (AvgIpc) is 2.69. The Morgan fingerprint density at radius 1 is 1.18 bits per heavy atom. The molecule has 1 aromatic carbocycles. The van der Waals surface area contributed by atoms with Gasteiger partial charge in [0.05, 0.1) is 6.42 Å². The van der Waals surface area contributed by atoms with Crippen LogP contribution in [0.1, 0.15) is 28.8 Å². The largest absolute Gasteiger partial charge is 0.446 e. The normalized spacial score (nSPS) is 26.8. The van der Waals surface area contributed by atoms with Crippen molar-refractivity contribution in [1.29, 1.82) is 0 Å². The number of ether oxygens (including phenoxy) is 1. The molecular formula is C13H9ClO3. The van der Waals surface area contributed by atoms with E-state index in [9.17, 15) is 9.59 Å². The van der Waals surface area contributed by atoms with Gasteiger partial charge in [-0.05, 0) is 6.08 Å². The molecule has 0 radical (unpaired) electrons. The van der Waals surface area contributed by atoms with Gasteiger partial charge in [0.15, 0.2) is 5.60 Å². The number of halogens is 1. The lowest BCUT2D eigenvalue weighted by atomic mass is 9.83. The molecule has 0 N–H and O–H groups in total. The van der Waals surface area contributed by atoms with Crippen molar-refractivity contribution in [2.45, 2.75) is 18.4 Å². The summed E-state index contributed by atoms with van der Waals surface area (Å²) in [6, 6.07) is 7.09. The third kappa shape index (κ3) is 1.42. The number of fused-ring (bicyclic) bond motifs is 1. The highest BCUT2D eigenvalue weighted by molar-refractivity contribution is 6.50. The highest BCUT2D eigenvalue weighted by Crippen LogP contribution is 2.41. The standard InChI is InChI=1S/C13H9ClO3/c14-10-7-13(6-5-11(15)17-13)12(16)9-4-2-1-3-8(9)10/h1-4,7H,5-6H2/t13-/m1/s1. The summed E-state index contributed by atoms with van der Waals surface area (Å²) in [6.45, 7) is 0. The average molecular weight is 249 g/mol. The van der Waals surface area contributed by atoms with Gasteiger partial charge in [0.1, 0.15) is 0 Å². The van der Waals surface area contributed by atoms with Crippen LogP contribution in [0.2, 0.25) is 0 Å². The van der Waals surface area contributed by atoms with Gasteiger partial charge in [0.2, 0.25) is 5.78 Å². The second-order valence-corrected chi connectivity index (χ2v) is 4.64. The topological polar surface area (TPSA) is 43.4 Å². The third-order valence-electron chi connectivity index (χ3n) is 3.17. The van der Waals surface area contributed by atoms with Crippen molar-refractivity contribution < 1.29 is 14.3 Å². The third-order valence-corrected chi connectivity index (χ3v) is 3.48. The molecule has 17 heavy (non-hydrogen) atoms. The molecule has 1 heterocycles. The van der Waals surface area contributed by atoms with E-state index in [1.54, 1.807) is 24.3 Å². The molecule has 0 aromatic heterocycles. The summed E-state index contributed by atoms with van der Waals surface area (Å²) in [5, 5.41) is 0.468. The zero-order valence-electron chi connectivity index (χ0n) is 8.90. The molecule has 0 amide bonds. The van der Waals surface area contributed by atoms with Crippen LogP contribution < -0.4 is 0 Å². The minimum absolute atomic E-state index is 0.177. The lowest BCUT2D eigenvalue weighted by Gasteiger charge is -2.28. The van der Waals surface area contributed by atoms with Gasteiger partial charge in [-0.15, -0.1) is 0 Å². The zero-order chi connectivity index (χ0) is 12.0. The Hall–Kier alpha value is -1.61. The van der Waals surface area contributed by atoms with E-state index >= 15 is 0 Å². The molecule has 0 saturated carbocycles. The Bertz CT molecular complexity index is 562. The van der Waals surface area contributed by atoms with Crippen molar-refractivity contribution in [2.24, 2.45) is 0 Å². The van der Waals surface area contributed by atoms with Crippen LogP contribution >= 0.6 is 11.6 Å². The maximum Gasteiger partial charge on any atom is 0.307 e. The molecule has 0 unspecified atom stereocenters. The molecule has 1 fully saturated rings.